The molecular formula is C15H25ClN2O4. The molecule has 0 bridgehead atoms. The molecule has 0 aromatic heterocycles. The number of rotatable bonds is 9. The highest BCUT2D eigenvalue weighted by atomic mass is 35.5. The summed E-state index contributed by atoms with van der Waals surface area (Å²) in [7, 11) is 4.91. The van der Waals surface area contributed by atoms with Crippen molar-refractivity contribution in [1.82, 2.24) is 4.90 Å². The second-order valence-corrected chi connectivity index (χ2v) is 4.64. The molecule has 0 heterocycles. The van der Waals surface area contributed by atoms with Crippen LogP contribution in [-0.4, -0.2) is 57.9 Å². The molecule has 1 rings (SSSR count). The zero-order valence-electron chi connectivity index (χ0n) is 13.3. The number of amides is 1. The van der Waals surface area contributed by atoms with E-state index in [1.165, 1.54) is 0 Å². The van der Waals surface area contributed by atoms with E-state index < -0.39 is 0 Å². The van der Waals surface area contributed by atoms with Crippen LogP contribution in [0.2, 0.25) is 0 Å². The first-order chi connectivity index (χ1) is 10.1. The van der Waals surface area contributed by atoms with Gasteiger partial charge in [0.25, 0.3) is 0 Å². The summed E-state index contributed by atoms with van der Waals surface area (Å²) in [5.74, 6) is 1.51. The minimum Gasteiger partial charge on any atom is -0.497 e. The number of methoxy groups -OCH3 is 2. The molecule has 0 saturated heterocycles. The Hall–Kier alpha value is -1.50. The second kappa shape index (κ2) is 11.1. The molecule has 1 unspecified atom stereocenters. The van der Waals surface area contributed by atoms with E-state index >= 15 is 0 Å². The summed E-state index contributed by atoms with van der Waals surface area (Å²) in [6.45, 7) is 1.26. The van der Waals surface area contributed by atoms with E-state index in [0.29, 0.717) is 19.7 Å². The molecule has 0 radical (unpaired) electrons. The van der Waals surface area contributed by atoms with Gasteiger partial charge < -0.3 is 24.8 Å². The third-order valence-electron chi connectivity index (χ3n) is 3.18. The lowest BCUT2D eigenvalue weighted by atomic mass is 10.2. The van der Waals surface area contributed by atoms with E-state index in [4.69, 9.17) is 19.9 Å². The Bertz CT molecular complexity index is 424. The maximum absolute atomic E-state index is 11.9. The molecule has 1 aromatic rings. The van der Waals surface area contributed by atoms with E-state index in [2.05, 4.69) is 0 Å². The third-order valence-corrected chi connectivity index (χ3v) is 3.18. The van der Waals surface area contributed by atoms with E-state index in [1.807, 2.05) is 24.3 Å². The molecule has 6 nitrogen and oxygen atoms in total. The van der Waals surface area contributed by atoms with Crippen molar-refractivity contribution < 1.29 is 19.0 Å². The van der Waals surface area contributed by atoms with Crippen molar-refractivity contribution in [3.05, 3.63) is 24.3 Å². The Morgan fingerprint density at radius 3 is 2.32 bits per heavy atom. The average molecular weight is 333 g/mol. The summed E-state index contributed by atoms with van der Waals surface area (Å²) in [5.41, 5.74) is 5.50. The highest BCUT2D eigenvalue weighted by Crippen LogP contribution is 2.16. The van der Waals surface area contributed by atoms with Crippen LogP contribution in [0.4, 0.5) is 0 Å². The predicted molar refractivity (Wildman–Crippen MR) is 87.8 cm³/mol. The number of hydrogen-bond donors (Lipinski definition) is 1. The second-order valence-electron chi connectivity index (χ2n) is 4.64. The molecule has 0 spiro atoms. The van der Waals surface area contributed by atoms with Crippen molar-refractivity contribution in [3.8, 4) is 11.5 Å². The van der Waals surface area contributed by atoms with Gasteiger partial charge in [-0.25, -0.2) is 0 Å². The number of ether oxygens (including phenoxy) is 3. The Morgan fingerprint density at radius 1 is 1.23 bits per heavy atom. The van der Waals surface area contributed by atoms with Crippen molar-refractivity contribution in [3.63, 3.8) is 0 Å². The highest BCUT2D eigenvalue weighted by Gasteiger charge is 2.15. The van der Waals surface area contributed by atoms with Gasteiger partial charge in [0.05, 0.1) is 26.2 Å². The van der Waals surface area contributed by atoms with Gasteiger partial charge >= 0.3 is 0 Å². The van der Waals surface area contributed by atoms with Crippen molar-refractivity contribution in [1.29, 1.82) is 0 Å². The molecule has 126 valence electrons. The van der Waals surface area contributed by atoms with Gasteiger partial charge in [-0.2, -0.15) is 0 Å². The summed E-state index contributed by atoms with van der Waals surface area (Å²) >= 11 is 0. The quantitative estimate of drug-likeness (QED) is 0.738. The first-order valence-corrected chi connectivity index (χ1v) is 6.84. The van der Waals surface area contributed by atoms with Gasteiger partial charge in [0.2, 0.25) is 5.91 Å². The molecule has 0 fully saturated rings. The van der Waals surface area contributed by atoms with E-state index in [1.54, 1.807) is 26.2 Å². The Morgan fingerprint density at radius 2 is 1.82 bits per heavy atom. The first-order valence-electron chi connectivity index (χ1n) is 6.84. The molecule has 0 aliphatic rings. The van der Waals surface area contributed by atoms with E-state index in [-0.39, 0.29) is 30.8 Å². The molecule has 0 aliphatic heterocycles. The smallest absolute Gasteiger partial charge is 0.225 e. The van der Waals surface area contributed by atoms with Crippen molar-refractivity contribution >= 4 is 18.3 Å². The summed E-state index contributed by atoms with van der Waals surface area (Å²) in [6, 6.07) is 7.31. The zero-order valence-corrected chi connectivity index (χ0v) is 14.1. The third kappa shape index (κ3) is 6.98. The Kier molecular flexibility index (Phi) is 10.4. The number of halogens is 1. The molecule has 2 N–H and O–H groups in total. The largest absolute Gasteiger partial charge is 0.497 e. The number of carbonyl (C=O) groups excluding carboxylic acids is 1. The van der Waals surface area contributed by atoms with Crippen LogP contribution < -0.4 is 15.2 Å². The minimum absolute atomic E-state index is 0. The van der Waals surface area contributed by atoms with Gasteiger partial charge in [0, 0.05) is 20.7 Å². The maximum Gasteiger partial charge on any atom is 0.225 e. The van der Waals surface area contributed by atoms with Crippen molar-refractivity contribution in [2.45, 2.75) is 12.5 Å². The zero-order chi connectivity index (χ0) is 15.7. The number of hydrogen-bond acceptors (Lipinski definition) is 5. The lowest BCUT2D eigenvalue weighted by Crippen LogP contribution is -2.35. The number of nitrogens with two attached hydrogens (primary N) is 1. The summed E-state index contributed by atoms with van der Waals surface area (Å²) in [4.78, 5) is 13.5. The summed E-state index contributed by atoms with van der Waals surface area (Å²) in [6.07, 6.45) is 0.0499. The minimum atomic E-state index is -0.234. The molecule has 1 aromatic carbocycles. The van der Waals surface area contributed by atoms with Crippen molar-refractivity contribution in [2.75, 3.05) is 41.0 Å². The van der Waals surface area contributed by atoms with Gasteiger partial charge in [-0.3, -0.25) is 4.79 Å². The fourth-order valence-electron chi connectivity index (χ4n) is 1.71. The number of nitrogens with zero attached hydrogens (tertiary/aromatic N) is 1. The first kappa shape index (κ1) is 20.5. The molecule has 7 heteroatoms. The van der Waals surface area contributed by atoms with Crippen LogP contribution in [0.3, 0.4) is 0 Å². The lowest BCUT2D eigenvalue weighted by molar-refractivity contribution is -0.132. The monoisotopic (exact) mass is 332 g/mol. The topological polar surface area (TPSA) is 74.0 Å². The van der Waals surface area contributed by atoms with Crippen LogP contribution in [0.25, 0.3) is 0 Å². The van der Waals surface area contributed by atoms with Crippen LogP contribution in [0, 0.1) is 0 Å². The summed E-state index contributed by atoms with van der Waals surface area (Å²) < 4.78 is 15.7. The standard InChI is InChI=1S/C15H24N2O4.ClH/c1-17(15(18)10-14(11-16)20-3)8-9-21-13-6-4-12(19-2)5-7-13;/h4-7,14H,8-11,16H2,1-3H3;1H. The summed E-state index contributed by atoms with van der Waals surface area (Å²) in [5, 5.41) is 0. The predicted octanol–water partition coefficient (Wildman–Crippen LogP) is 1.32. The number of carbonyl (C=O) groups is 1. The number of benzene rings is 1. The van der Waals surface area contributed by atoms with Gasteiger partial charge in [0.1, 0.15) is 18.1 Å². The Balaban J connectivity index is 0.00000441. The van der Waals surface area contributed by atoms with Crippen LogP contribution in [0.15, 0.2) is 24.3 Å². The average Bonchev–Trinajstić information content (AvgIpc) is 2.52. The SMILES string of the molecule is COc1ccc(OCCN(C)C(=O)CC(CN)OC)cc1.Cl. The van der Waals surface area contributed by atoms with Crippen molar-refractivity contribution in [2.24, 2.45) is 5.73 Å². The van der Waals surface area contributed by atoms with Gasteiger partial charge in [-0.15, -0.1) is 12.4 Å². The molecule has 22 heavy (non-hydrogen) atoms. The molecule has 0 saturated carbocycles. The highest BCUT2D eigenvalue weighted by molar-refractivity contribution is 5.85. The molecular weight excluding hydrogens is 308 g/mol. The lowest BCUT2D eigenvalue weighted by Gasteiger charge is -2.20. The van der Waals surface area contributed by atoms with Gasteiger partial charge in [-0.05, 0) is 24.3 Å². The van der Waals surface area contributed by atoms with E-state index in [0.717, 1.165) is 11.5 Å². The maximum atomic E-state index is 11.9. The van der Waals surface area contributed by atoms with E-state index in [9.17, 15) is 4.79 Å². The molecule has 0 aliphatic carbocycles. The molecule has 1 atom stereocenters. The molecule has 1 amide bonds. The van der Waals surface area contributed by atoms with Crippen LogP contribution in [0.5, 0.6) is 11.5 Å². The number of likely N-dealkylation sites (N-methyl/N-ethyl adjacent to an activating group) is 1. The van der Waals surface area contributed by atoms with Crippen LogP contribution in [-0.2, 0) is 9.53 Å². The van der Waals surface area contributed by atoms with Crippen LogP contribution in [0.1, 0.15) is 6.42 Å². The van der Waals surface area contributed by atoms with Gasteiger partial charge in [-0.1, -0.05) is 0 Å². The van der Waals surface area contributed by atoms with Crippen LogP contribution >= 0.6 is 12.4 Å². The van der Waals surface area contributed by atoms with Gasteiger partial charge in [0.15, 0.2) is 0 Å². The fourth-order valence-corrected chi connectivity index (χ4v) is 1.71. The Labute approximate surface area is 137 Å². The normalized spacial score (nSPS) is 11.3. The fraction of sp³-hybridized carbons (Fsp3) is 0.533.